The molecule has 0 radical (unpaired) electrons. The Morgan fingerprint density at radius 3 is 2.24 bits per heavy atom. The van der Waals surface area contributed by atoms with E-state index in [0.717, 1.165) is 0 Å². The van der Waals surface area contributed by atoms with Crippen molar-refractivity contribution in [1.29, 1.82) is 0 Å². The highest BCUT2D eigenvalue weighted by atomic mass is 31.2. The molecular weight excluding hydrogens is 635 g/mol. The molecule has 4 heterocycles. The Labute approximate surface area is 262 Å². The first-order chi connectivity index (χ1) is 22.0. The van der Waals surface area contributed by atoms with Crippen molar-refractivity contribution in [3.63, 3.8) is 0 Å². The number of phosphoric ester groups is 1. The predicted molar refractivity (Wildman–Crippen MR) is 145 cm³/mol. The molecule has 0 saturated carbocycles. The van der Waals surface area contributed by atoms with Crippen LogP contribution in [0.4, 0.5) is 0 Å². The van der Waals surface area contributed by atoms with Crippen LogP contribution in [-0.4, -0.2) is 87.4 Å². The summed E-state index contributed by atoms with van der Waals surface area (Å²) in [5.74, 6) is -2.66. The topological polar surface area (TPSA) is 213 Å². The van der Waals surface area contributed by atoms with Crippen molar-refractivity contribution in [3.8, 4) is 28.7 Å². The molecule has 7 rings (SSSR count). The molecule has 3 saturated heterocycles. The maximum absolute atomic E-state index is 13.5. The summed E-state index contributed by atoms with van der Waals surface area (Å²) in [6.45, 7) is 1.68. The lowest BCUT2D eigenvalue weighted by atomic mass is 9.66. The quantitative estimate of drug-likeness (QED) is 0.290. The summed E-state index contributed by atoms with van der Waals surface area (Å²) in [5, 5.41) is 22.0. The van der Waals surface area contributed by atoms with E-state index in [4.69, 9.17) is 42.6 Å². The zero-order valence-electron chi connectivity index (χ0n) is 24.8. The molecule has 0 bridgehead atoms. The number of benzene rings is 2. The number of rotatable bonds is 7. The minimum atomic E-state index is -5.50. The molecule has 46 heavy (non-hydrogen) atoms. The number of hydrogen-bond donors (Lipinski definition) is 2. The van der Waals surface area contributed by atoms with Crippen LogP contribution in [0.5, 0.6) is 28.7 Å². The molecule has 3 fully saturated rings. The monoisotopic (exact) mass is 666 g/mol. The van der Waals surface area contributed by atoms with Gasteiger partial charge in [0.15, 0.2) is 35.6 Å². The Morgan fingerprint density at radius 2 is 1.59 bits per heavy atom. The normalized spacial score (nSPS) is 34.6. The maximum Gasteiger partial charge on any atom is 0.310 e. The van der Waals surface area contributed by atoms with E-state index < -0.39 is 80.4 Å². The minimum Gasteiger partial charge on any atom is -0.780 e. The number of methoxy groups -OCH3 is 2. The Hall–Kier alpha value is -3.18. The van der Waals surface area contributed by atoms with Gasteiger partial charge in [-0.25, -0.2) is 0 Å². The van der Waals surface area contributed by atoms with Gasteiger partial charge in [-0.05, 0) is 47.9 Å². The number of carbonyl (C=O) groups is 1. The van der Waals surface area contributed by atoms with E-state index in [1.807, 2.05) is 0 Å². The van der Waals surface area contributed by atoms with Gasteiger partial charge in [-0.15, -0.1) is 0 Å². The third kappa shape index (κ3) is 5.37. The Kier molecular flexibility index (Phi) is 8.07. The number of cyclic esters (lactones) is 1. The highest BCUT2D eigenvalue weighted by molar-refractivity contribution is 7.43. The zero-order valence-corrected chi connectivity index (χ0v) is 25.7. The van der Waals surface area contributed by atoms with Crippen molar-refractivity contribution in [2.75, 3.05) is 34.2 Å². The molecule has 0 amide bonds. The van der Waals surface area contributed by atoms with Crippen molar-refractivity contribution in [1.82, 2.24) is 0 Å². The first-order valence-electron chi connectivity index (χ1n) is 14.5. The van der Waals surface area contributed by atoms with E-state index in [2.05, 4.69) is 4.52 Å². The molecule has 17 heteroatoms. The van der Waals surface area contributed by atoms with Crippen LogP contribution in [0.15, 0.2) is 24.3 Å². The molecule has 0 aromatic heterocycles. The van der Waals surface area contributed by atoms with Gasteiger partial charge in [-0.2, -0.15) is 0 Å². The van der Waals surface area contributed by atoms with Gasteiger partial charge in [-0.3, -0.25) is 4.79 Å². The molecule has 2 N–H and O–H groups in total. The number of aliphatic hydroxyl groups excluding tert-OH is 2. The highest BCUT2D eigenvalue weighted by Gasteiger charge is 2.56. The second-order valence-corrected chi connectivity index (χ2v) is 12.6. The molecule has 1 aliphatic carbocycles. The molecule has 2 aromatic rings. The van der Waals surface area contributed by atoms with E-state index in [-0.39, 0.29) is 31.5 Å². The summed E-state index contributed by atoms with van der Waals surface area (Å²) < 4.78 is 67.5. The molecule has 10 atom stereocenters. The van der Waals surface area contributed by atoms with Crippen LogP contribution < -0.4 is 33.3 Å². The van der Waals surface area contributed by atoms with E-state index in [1.165, 1.54) is 26.4 Å². The molecule has 5 aliphatic rings. The van der Waals surface area contributed by atoms with Crippen LogP contribution in [0.2, 0.25) is 0 Å². The van der Waals surface area contributed by atoms with Crippen LogP contribution in [0.3, 0.4) is 0 Å². The predicted octanol–water partition coefficient (Wildman–Crippen LogP) is -0.159. The largest absolute Gasteiger partial charge is 0.780 e. The maximum atomic E-state index is 13.5. The molecular formula is C29H31O16P-2. The van der Waals surface area contributed by atoms with Crippen LogP contribution in [-0.2, 0) is 33.0 Å². The van der Waals surface area contributed by atoms with E-state index in [1.54, 1.807) is 19.1 Å². The third-order valence-electron chi connectivity index (χ3n) is 8.93. The SMILES string of the molecule is COc1cc([C@@H]2c3cc4c(cc3C(O[C@@H]3O[C@@H]5CO[C@@H](C)O[C@H]5[C@H](O)[C@H]3O)C3COC(=O)[C@@H]32)OCO4)cc(OC)c1OP(=O)([O-])[O-]. The van der Waals surface area contributed by atoms with Crippen LogP contribution in [0, 0.1) is 11.8 Å². The van der Waals surface area contributed by atoms with Gasteiger partial charge in [0.1, 0.15) is 32.2 Å². The fourth-order valence-electron chi connectivity index (χ4n) is 6.92. The minimum absolute atomic E-state index is 0.0421. The number of carbonyl (C=O) groups excluding carboxylic acids is 1. The van der Waals surface area contributed by atoms with Crippen LogP contribution >= 0.6 is 7.82 Å². The van der Waals surface area contributed by atoms with Gasteiger partial charge >= 0.3 is 5.97 Å². The van der Waals surface area contributed by atoms with Crippen molar-refractivity contribution < 1.29 is 76.5 Å². The lowest BCUT2D eigenvalue weighted by Gasteiger charge is -2.47. The molecule has 2 aromatic carbocycles. The Bertz CT molecular complexity index is 1530. The summed E-state index contributed by atoms with van der Waals surface area (Å²) in [6.07, 6.45) is -7.25. The number of fused-ring (bicyclic) bond motifs is 4. The average Bonchev–Trinajstić information content (AvgIpc) is 3.64. The first-order valence-corrected chi connectivity index (χ1v) is 15.9. The van der Waals surface area contributed by atoms with Gasteiger partial charge in [0.2, 0.25) is 12.5 Å². The summed E-state index contributed by atoms with van der Waals surface area (Å²) in [7, 11) is -2.99. The standard InChI is InChI=1S/C29H33O16P/c1-11-38-9-20-27(42-11)23(30)24(31)29(43-20)44-25-14-7-17-16(40-10-41-17)6-13(14)21(22-15(25)8-39-28(22)32)12-4-18(36-2)26(19(5-12)37-3)45-46(33,34)35/h4-7,11,15,20-25,27,29-31H,8-10H2,1-3H3,(H2,33,34,35)/p-2/t11-,15?,20-,21-,22+,23-,24-,25?,27-,29+/m1/s1. The fourth-order valence-corrected chi connectivity index (χ4v) is 7.33. The number of ether oxygens (including phenoxy) is 9. The number of esters is 1. The molecule has 250 valence electrons. The average molecular weight is 667 g/mol. The molecule has 2 unspecified atom stereocenters. The van der Waals surface area contributed by atoms with Crippen LogP contribution in [0.1, 0.15) is 35.6 Å². The summed E-state index contributed by atoms with van der Waals surface area (Å²) in [5.41, 5.74) is 1.57. The van der Waals surface area contributed by atoms with Crippen molar-refractivity contribution in [2.24, 2.45) is 11.8 Å². The van der Waals surface area contributed by atoms with Crippen molar-refractivity contribution in [2.45, 2.75) is 55.9 Å². The number of phosphoric acid groups is 1. The molecule has 0 spiro atoms. The lowest BCUT2D eigenvalue weighted by molar-refractivity contribution is -0.364. The lowest BCUT2D eigenvalue weighted by Crippen LogP contribution is -2.63. The summed E-state index contributed by atoms with van der Waals surface area (Å²) in [6, 6.07) is 6.32. The Balaban J connectivity index is 1.32. The molecule has 16 nitrogen and oxygen atoms in total. The van der Waals surface area contributed by atoms with Crippen molar-refractivity contribution in [3.05, 3.63) is 41.0 Å². The smallest absolute Gasteiger partial charge is 0.310 e. The van der Waals surface area contributed by atoms with Gasteiger partial charge in [0, 0.05) is 11.8 Å². The van der Waals surface area contributed by atoms with Gasteiger partial charge in [0.05, 0.1) is 39.5 Å². The van der Waals surface area contributed by atoms with E-state index in [0.29, 0.717) is 28.2 Å². The van der Waals surface area contributed by atoms with Gasteiger partial charge < -0.3 is 71.7 Å². The molecule has 4 aliphatic heterocycles. The Morgan fingerprint density at radius 1 is 0.913 bits per heavy atom. The van der Waals surface area contributed by atoms with E-state index in [9.17, 15) is 29.4 Å². The van der Waals surface area contributed by atoms with Crippen molar-refractivity contribution >= 4 is 13.8 Å². The van der Waals surface area contributed by atoms with Crippen LogP contribution in [0.25, 0.3) is 0 Å². The number of hydrogen-bond acceptors (Lipinski definition) is 16. The summed E-state index contributed by atoms with van der Waals surface area (Å²) >= 11 is 0. The summed E-state index contributed by atoms with van der Waals surface area (Å²) in [4.78, 5) is 36.5. The third-order valence-corrected chi connectivity index (χ3v) is 9.34. The zero-order chi connectivity index (χ0) is 32.5. The van der Waals surface area contributed by atoms with Gasteiger partial charge in [0.25, 0.3) is 0 Å². The highest BCUT2D eigenvalue weighted by Crippen LogP contribution is 2.57. The second kappa shape index (κ2) is 11.8. The first kappa shape index (κ1) is 31.4. The second-order valence-electron chi connectivity index (χ2n) is 11.5. The fraction of sp³-hybridized carbons (Fsp3) is 0.552. The van der Waals surface area contributed by atoms with Gasteiger partial charge in [-0.1, -0.05) is 0 Å². The van der Waals surface area contributed by atoms with E-state index >= 15 is 0 Å². The number of aliphatic hydroxyl groups is 2.